The van der Waals surface area contributed by atoms with Crippen LogP contribution in [0.2, 0.25) is 0 Å². The third-order valence-electron chi connectivity index (χ3n) is 4.43. The van der Waals surface area contributed by atoms with Crippen molar-refractivity contribution in [2.24, 2.45) is 5.73 Å². The highest BCUT2D eigenvalue weighted by molar-refractivity contribution is 5.80. The van der Waals surface area contributed by atoms with Crippen LogP contribution in [0.4, 0.5) is 0 Å². The number of benzene rings is 1. The van der Waals surface area contributed by atoms with Gasteiger partial charge in [0.1, 0.15) is 5.75 Å². The Hall–Kier alpha value is -1.59. The molecule has 2 fully saturated rings. The summed E-state index contributed by atoms with van der Waals surface area (Å²) in [4.78, 5) is 14.2. The molecule has 1 aromatic rings. The average Bonchev–Trinajstić information content (AvgIpc) is 3.10. The number of likely N-dealkylation sites (tertiary alicyclic amines) is 1. The molecule has 0 spiro atoms. The minimum Gasteiger partial charge on any atom is -0.494 e. The van der Waals surface area contributed by atoms with Crippen LogP contribution in [-0.4, -0.2) is 42.7 Å². The van der Waals surface area contributed by atoms with Crippen LogP contribution in [0.1, 0.15) is 37.8 Å². The van der Waals surface area contributed by atoms with Crippen molar-refractivity contribution in [3.63, 3.8) is 0 Å². The van der Waals surface area contributed by atoms with E-state index in [1.54, 1.807) is 0 Å². The third kappa shape index (κ3) is 3.10. The number of carbonyl (C=O) groups excluding carboxylic acids is 1. The number of amides is 1. The highest BCUT2D eigenvalue weighted by Gasteiger charge is 2.40. The average molecular weight is 304 g/mol. The first-order chi connectivity index (χ1) is 10.7. The van der Waals surface area contributed by atoms with E-state index in [4.69, 9.17) is 15.2 Å². The van der Waals surface area contributed by atoms with Crippen LogP contribution in [-0.2, 0) is 9.53 Å². The molecular weight excluding hydrogens is 280 g/mol. The maximum atomic E-state index is 12.3. The lowest BCUT2D eigenvalue weighted by atomic mass is 10.0. The van der Waals surface area contributed by atoms with E-state index < -0.39 is 0 Å². The van der Waals surface area contributed by atoms with Gasteiger partial charge in [-0.25, -0.2) is 0 Å². The van der Waals surface area contributed by atoms with E-state index in [0.29, 0.717) is 19.6 Å². The number of carbonyl (C=O) groups is 1. The van der Waals surface area contributed by atoms with Crippen molar-refractivity contribution >= 4 is 5.91 Å². The quantitative estimate of drug-likeness (QED) is 0.902. The molecule has 120 valence electrons. The molecule has 0 aromatic heterocycles. The van der Waals surface area contributed by atoms with Gasteiger partial charge in [-0.1, -0.05) is 12.1 Å². The lowest BCUT2D eigenvalue weighted by molar-refractivity contribution is -0.130. The first kappa shape index (κ1) is 15.3. The van der Waals surface area contributed by atoms with E-state index in [1.165, 1.54) is 0 Å². The molecule has 2 saturated heterocycles. The van der Waals surface area contributed by atoms with Crippen molar-refractivity contribution < 1.29 is 14.3 Å². The van der Waals surface area contributed by atoms with E-state index in [-0.39, 0.29) is 24.1 Å². The van der Waals surface area contributed by atoms with Gasteiger partial charge in [-0.05, 0) is 37.5 Å². The van der Waals surface area contributed by atoms with Crippen molar-refractivity contribution in [1.82, 2.24) is 4.90 Å². The van der Waals surface area contributed by atoms with Crippen LogP contribution in [0.5, 0.6) is 5.75 Å². The molecule has 3 unspecified atom stereocenters. The number of rotatable bonds is 5. The molecule has 22 heavy (non-hydrogen) atoms. The molecule has 0 radical (unpaired) electrons. The first-order valence-electron chi connectivity index (χ1n) is 8.08. The van der Waals surface area contributed by atoms with Gasteiger partial charge in [0.05, 0.1) is 18.8 Å². The summed E-state index contributed by atoms with van der Waals surface area (Å²) in [5.41, 5.74) is 7.30. The van der Waals surface area contributed by atoms with Crippen LogP contribution < -0.4 is 10.5 Å². The fourth-order valence-corrected chi connectivity index (χ4v) is 3.39. The van der Waals surface area contributed by atoms with Crippen molar-refractivity contribution in [3.05, 3.63) is 29.8 Å². The van der Waals surface area contributed by atoms with Crippen molar-refractivity contribution in [2.75, 3.05) is 19.8 Å². The van der Waals surface area contributed by atoms with E-state index in [1.807, 2.05) is 36.1 Å². The van der Waals surface area contributed by atoms with Gasteiger partial charge in [0.2, 0.25) is 5.91 Å². The zero-order chi connectivity index (χ0) is 15.5. The summed E-state index contributed by atoms with van der Waals surface area (Å²) >= 11 is 0. The van der Waals surface area contributed by atoms with Gasteiger partial charge in [-0.3, -0.25) is 4.79 Å². The number of hydrogen-bond donors (Lipinski definition) is 1. The van der Waals surface area contributed by atoms with Crippen molar-refractivity contribution in [1.29, 1.82) is 0 Å². The topological polar surface area (TPSA) is 64.8 Å². The molecule has 3 atom stereocenters. The van der Waals surface area contributed by atoms with Gasteiger partial charge in [0, 0.05) is 25.6 Å². The lowest BCUT2D eigenvalue weighted by Gasteiger charge is -2.29. The molecule has 0 aliphatic carbocycles. The molecule has 3 rings (SSSR count). The molecule has 0 saturated carbocycles. The molecule has 2 aliphatic heterocycles. The summed E-state index contributed by atoms with van der Waals surface area (Å²) in [6, 6.07) is 7.68. The highest BCUT2D eigenvalue weighted by Crippen LogP contribution is 2.34. The van der Waals surface area contributed by atoms with E-state index >= 15 is 0 Å². The fraction of sp³-hybridized carbons (Fsp3) is 0.588. The Bertz CT molecular complexity index is 511. The smallest absolute Gasteiger partial charge is 0.224 e. The second-order valence-corrected chi connectivity index (χ2v) is 6.00. The normalized spacial score (nSPS) is 28.4. The van der Waals surface area contributed by atoms with Gasteiger partial charge >= 0.3 is 0 Å². The lowest BCUT2D eigenvalue weighted by Crippen LogP contribution is -2.38. The van der Waals surface area contributed by atoms with Crippen molar-refractivity contribution in [2.45, 2.75) is 44.4 Å². The summed E-state index contributed by atoms with van der Waals surface area (Å²) in [7, 11) is 0. The first-order valence-corrected chi connectivity index (χ1v) is 8.08. The third-order valence-corrected chi connectivity index (χ3v) is 4.43. The predicted octanol–water partition coefficient (Wildman–Crippen LogP) is 1.86. The van der Waals surface area contributed by atoms with Gasteiger partial charge in [0.15, 0.2) is 0 Å². The molecular formula is C17H24N2O3. The number of hydrogen-bond acceptors (Lipinski definition) is 4. The Morgan fingerprint density at radius 1 is 1.36 bits per heavy atom. The monoisotopic (exact) mass is 304 g/mol. The van der Waals surface area contributed by atoms with Gasteiger partial charge < -0.3 is 20.1 Å². The molecule has 5 nitrogen and oxygen atoms in total. The van der Waals surface area contributed by atoms with Gasteiger partial charge in [-0.2, -0.15) is 0 Å². The van der Waals surface area contributed by atoms with E-state index in [0.717, 1.165) is 30.8 Å². The molecule has 1 amide bonds. The van der Waals surface area contributed by atoms with Crippen LogP contribution >= 0.6 is 0 Å². The van der Waals surface area contributed by atoms with Crippen molar-refractivity contribution in [3.8, 4) is 5.75 Å². The second-order valence-electron chi connectivity index (χ2n) is 6.00. The van der Waals surface area contributed by atoms with Crippen LogP contribution in [0.3, 0.4) is 0 Å². The number of nitrogens with two attached hydrogens (primary N) is 1. The van der Waals surface area contributed by atoms with Crippen LogP contribution in [0, 0.1) is 0 Å². The summed E-state index contributed by atoms with van der Waals surface area (Å²) < 4.78 is 11.2. The fourth-order valence-electron chi connectivity index (χ4n) is 3.39. The maximum Gasteiger partial charge on any atom is 0.224 e. The Morgan fingerprint density at radius 3 is 2.77 bits per heavy atom. The molecule has 2 aliphatic rings. The Balaban J connectivity index is 1.77. The summed E-state index contributed by atoms with van der Waals surface area (Å²) in [5, 5.41) is 0. The Kier molecular flexibility index (Phi) is 4.64. The predicted molar refractivity (Wildman–Crippen MR) is 83.6 cm³/mol. The molecule has 1 aromatic carbocycles. The largest absolute Gasteiger partial charge is 0.494 e. The number of ether oxygens (including phenoxy) is 2. The summed E-state index contributed by atoms with van der Waals surface area (Å²) in [5.74, 6) is 0.969. The summed E-state index contributed by atoms with van der Waals surface area (Å²) in [6.07, 6.45) is 2.66. The van der Waals surface area contributed by atoms with Crippen LogP contribution in [0.15, 0.2) is 24.3 Å². The van der Waals surface area contributed by atoms with Crippen LogP contribution in [0.25, 0.3) is 0 Å². The minimum atomic E-state index is -0.160. The standard InChI is InChI=1S/C17H24N2O3/c1-2-21-13-7-5-12(6-8-13)17-15(18)10-16(20)19(17)11-14-4-3-9-22-14/h5-8,14-15,17H,2-4,9-11,18H2,1H3. The van der Waals surface area contributed by atoms with Gasteiger partial charge in [-0.15, -0.1) is 0 Å². The summed E-state index contributed by atoms with van der Waals surface area (Å²) in [6.45, 7) is 4.05. The minimum absolute atomic E-state index is 0.0626. The number of nitrogens with zero attached hydrogens (tertiary/aromatic N) is 1. The molecule has 2 heterocycles. The Morgan fingerprint density at radius 2 is 2.14 bits per heavy atom. The maximum absolute atomic E-state index is 12.3. The highest BCUT2D eigenvalue weighted by atomic mass is 16.5. The molecule has 0 bridgehead atoms. The zero-order valence-corrected chi connectivity index (χ0v) is 13.0. The Labute approximate surface area is 131 Å². The molecule has 5 heteroatoms. The zero-order valence-electron chi connectivity index (χ0n) is 13.0. The van der Waals surface area contributed by atoms with Gasteiger partial charge in [0.25, 0.3) is 0 Å². The van der Waals surface area contributed by atoms with E-state index in [9.17, 15) is 4.79 Å². The SMILES string of the molecule is CCOc1ccc(C2C(N)CC(=O)N2CC2CCCO2)cc1. The van der Waals surface area contributed by atoms with E-state index in [2.05, 4.69) is 0 Å². The second kappa shape index (κ2) is 6.67. The molecule has 2 N–H and O–H groups in total.